The SMILES string of the molecule is CN=C(NCCCCCCCN(C)C)NCc1ncc(C(C)(C)C)o1. The van der Waals surface area contributed by atoms with E-state index in [9.17, 15) is 0 Å². The lowest BCUT2D eigenvalue weighted by molar-refractivity contribution is 0.379. The van der Waals surface area contributed by atoms with Crippen LogP contribution in [0.25, 0.3) is 0 Å². The quantitative estimate of drug-likeness (QED) is 0.385. The molecule has 1 rings (SSSR count). The van der Waals surface area contributed by atoms with Crippen LogP contribution in [0.15, 0.2) is 15.6 Å². The van der Waals surface area contributed by atoms with Crippen LogP contribution >= 0.6 is 0 Å². The maximum Gasteiger partial charge on any atom is 0.213 e. The maximum atomic E-state index is 5.78. The molecule has 25 heavy (non-hydrogen) atoms. The number of hydrogen-bond donors (Lipinski definition) is 2. The summed E-state index contributed by atoms with van der Waals surface area (Å²) in [4.78, 5) is 10.8. The van der Waals surface area contributed by atoms with Crippen LogP contribution in [0.5, 0.6) is 0 Å². The van der Waals surface area contributed by atoms with Crippen LogP contribution in [0.1, 0.15) is 64.5 Å². The Morgan fingerprint density at radius 2 is 1.80 bits per heavy atom. The molecule has 6 heteroatoms. The summed E-state index contributed by atoms with van der Waals surface area (Å²) in [5.74, 6) is 2.39. The van der Waals surface area contributed by atoms with Gasteiger partial charge in [-0.3, -0.25) is 4.99 Å². The van der Waals surface area contributed by atoms with E-state index in [1.54, 1.807) is 7.05 Å². The molecule has 0 aliphatic carbocycles. The summed E-state index contributed by atoms with van der Waals surface area (Å²) < 4.78 is 5.78. The maximum absolute atomic E-state index is 5.78. The normalized spacial score (nSPS) is 12.7. The van der Waals surface area contributed by atoms with E-state index in [-0.39, 0.29) is 5.41 Å². The summed E-state index contributed by atoms with van der Waals surface area (Å²) >= 11 is 0. The van der Waals surface area contributed by atoms with Crippen LogP contribution in [-0.2, 0) is 12.0 Å². The number of nitrogens with one attached hydrogen (secondary N) is 2. The fourth-order valence-corrected chi connectivity index (χ4v) is 2.41. The van der Waals surface area contributed by atoms with Crippen LogP contribution in [0.3, 0.4) is 0 Å². The van der Waals surface area contributed by atoms with Gasteiger partial charge in [-0.15, -0.1) is 0 Å². The van der Waals surface area contributed by atoms with Gasteiger partial charge in [0.2, 0.25) is 5.89 Å². The zero-order valence-corrected chi connectivity index (χ0v) is 17.0. The van der Waals surface area contributed by atoms with Crippen molar-refractivity contribution in [2.45, 2.75) is 64.8 Å². The average molecular weight is 352 g/mol. The third-order valence-electron chi connectivity index (χ3n) is 4.00. The Labute approximate surface area is 153 Å². The molecule has 0 aliphatic heterocycles. The van der Waals surface area contributed by atoms with Crippen molar-refractivity contribution >= 4 is 5.96 Å². The van der Waals surface area contributed by atoms with Crippen molar-refractivity contribution in [3.05, 3.63) is 17.8 Å². The highest BCUT2D eigenvalue weighted by Crippen LogP contribution is 2.22. The van der Waals surface area contributed by atoms with Gasteiger partial charge in [0.25, 0.3) is 0 Å². The van der Waals surface area contributed by atoms with Gasteiger partial charge in [-0.2, -0.15) is 0 Å². The average Bonchev–Trinajstić information content (AvgIpc) is 3.01. The van der Waals surface area contributed by atoms with Gasteiger partial charge < -0.3 is 20.0 Å². The number of aromatic nitrogens is 1. The van der Waals surface area contributed by atoms with Gasteiger partial charge in [-0.25, -0.2) is 4.98 Å². The lowest BCUT2D eigenvalue weighted by Gasteiger charge is -2.13. The number of guanidine groups is 1. The smallest absolute Gasteiger partial charge is 0.213 e. The van der Waals surface area contributed by atoms with E-state index in [1.165, 1.54) is 32.2 Å². The largest absolute Gasteiger partial charge is 0.443 e. The second-order valence-corrected chi connectivity index (χ2v) is 7.79. The standard InChI is InChI=1S/C19H37N5O/c1-19(2,3)16-14-22-17(25-16)15-23-18(20-4)21-12-10-8-7-9-11-13-24(5)6/h14H,7-13,15H2,1-6H3,(H2,20,21,23). The van der Waals surface area contributed by atoms with Gasteiger partial charge in [0.1, 0.15) is 5.76 Å². The zero-order chi connectivity index (χ0) is 18.7. The molecule has 0 spiro atoms. The number of rotatable bonds is 10. The molecule has 0 saturated heterocycles. The molecule has 1 aromatic heterocycles. The van der Waals surface area contributed by atoms with Crippen molar-refractivity contribution in [1.29, 1.82) is 0 Å². The minimum atomic E-state index is -0.0162. The van der Waals surface area contributed by atoms with E-state index in [4.69, 9.17) is 4.42 Å². The topological polar surface area (TPSA) is 65.7 Å². The number of hydrogen-bond acceptors (Lipinski definition) is 4. The van der Waals surface area contributed by atoms with Crippen molar-refractivity contribution in [3.63, 3.8) is 0 Å². The molecule has 0 fully saturated rings. The highest BCUT2D eigenvalue weighted by molar-refractivity contribution is 5.79. The number of nitrogens with zero attached hydrogens (tertiary/aromatic N) is 3. The molecular formula is C19H37N5O. The van der Waals surface area contributed by atoms with Gasteiger partial charge in [0, 0.05) is 19.0 Å². The van der Waals surface area contributed by atoms with Crippen LogP contribution in [0, 0.1) is 0 Å². The second kappa shape index (κ2) is 11.1. The van der Waals surface area contributed by atoms with Gasteiger partial charge in [0.05, 0.1) is 12.7 Å². The van der Waals surface area contributed by atoms with Crippen LogP contribution in [0.2, 0.25) is 0 Å². The van der Waals surface area contributed by atoms with E-state index in [1.807, 2.05) is 6.20 Å². The van der Waals surface area contributed by atoms with Crippen LogP contribution in [-0.4, -0.2) is 50.1 Å². The molecule has 1 aromatic rings. The molecule has 0 atom stereocenters. The van der Waals surface area contributed by atoms with Crippen molar-refractivity contribution in [3.8, 4) is 0 Å². The van der Waals surface area contributed by atoms with Gasteiger partial charge in [-0.1, -0.05) is 40.0 Å². The van der Waals surface area contributed by atoms with Crippen LogP contribution < -0.4 is 10.6 Å². The summed E-state index contributed by atoms with van der Waals surface area (Å²) in [5, 5.41) is 6.60. The Bertz CT molecular complexity index is 502. The van der Waals surface area contributed by atoms with Crippen molar-refractivity contribution in [1.82, 2.24) is 20.5 Å². The minimum absolute atomic E-state index is 0.0162. The Balaban J connectivity index is 2.15. The van der Waals surface area contributed by atoms with E-state index in [0.29, 0.717) is 12.4 Å². The highest BCUT2D eigenvalue weighted by atomic mass is 16.4. The summed E-state index contributed by atoms with van der Waals surface area (Å²) in [6, 6.07) is 0. The molecule has 0 bridgehead atoms. The monoisotopic (exact) mass is 351 g/mol. The lowest BCUT2D eigenvalue weighted by Crippen LogP contribution is -2.37. The Hall–Kier alpha value is -1.56. The first-order chi connectivity index (χ1) is 11.8. The second-order valence-electron chi connectivity index (χ2n) is 7.79. The molecule has 0 aliphatic rings. The van der Waals surface area contributed by atoms with Crippen molar-refractivity contribution in [2.75, 3.05) is 34.2 Å². The zero-order valence-electron chi connectivity index (χ0n) is 17.0. The predicted molar refractivity (Wildman–Crippen MR) is 105 cm³/mol. The Kier molecular flexibility index (Phi) is 9.57. The van der Waals surface area contributed by atoms with Gasteiger partial charge in [0.15, 0.2) is 5.96 Å². The molecule has 6 nitrogen and oxygen atoms in total. The number of unbranched alkanes of at least 4 members (excludes halogenated alkanes) is 4. The fraction of sp³-hybridized carbons (Fsp3) is 0.789. The molecule has 144 valence electrons. The third-order valence-corrected chi connectivity index (χ3v) is 4.00. The molecule has 1 heterocycles. The van der Waals surface area contributed by atoms with Crippen LogP contribution in [0.4, 0.5) is 0 Å². The first-order valence-electron chi connectivity index (χ1n) is 9.37. The minimum Gasteiger partial charge on any atom is -0.443 e. The Morgan fingerprint density at radius 3 is 2.40 bits per heavy atom. The summed E-state index contributed by atoms with van der Waals surface area (Å²) in [5.41, 5.74) is -0.0162. The van der Waals surface area contributed by atoms with E-state index >= 15 is 0 Å². The first-order valence-corrected chi connectivity index (χ1v) is 9.37. The molecule has 0 aromatic carbocycles. The molecule has 2 N–H and O–H groups in total. The Morgan fingerprint density at radius 1 is 1.12 bits per heavy atom. The molecule has 0 unspecified atom stereocenters. The van der Waals surface area contributed by atoms with E-state index < -0.39 is 0 Å². The third kappa shape index (κ3) is 9.48. The van der Waals surface area contributed by atoms with Crippen molar-refractivity contribution < 1.29 is 4.42 Å². The van der Waals surface area contributed by atoms with E-state index in [2.05, 4.69) is 60.4 Å². The molecule has 0 radical (unpaired) electrons. The predicted octanol–water partition coefficient (Wildman–Crippen LogP) is 3.15. The molecular weight excluding hydrogens is 314 g/mol. The summed E-state index contributed by atoms with van der Waals surface area (Å²) in [7, 11) is 6.04. The molecule has 0 amide bonds. The first kappa shape index (κ1) is 21.5. The fourth-order valence-electron chi connectivity index (χ4n) is 2.41. The highest BCUT2D eigenvalue weighted by Gasteiger charge is 2.19. The summed E-state index contributed by atoms with van der Waals surface area (Å²) in [6.07, 6.45) is 8.13. The van der Waals surface area contributed by atoms with E-state index in [0.717, 1.165) is 24.7 Å². The van der Waals surface area contributed by atoms with Gasteiger partial charge >= 0.3 is 0 Å². The van der Waals surface area contributed by atoms with Crippen molar-refractivity contribution in [2.24, 2.45) is 4.99 Å². The lowest BCUT2D eigenvalue weighted by atomic mass is 9.94. The number of oxazole rings is 1. The molecule has 0 saturated carbocycles. The summed E-state index contributed by atoms with van der Waals surface area (Å²) in [6.45, 7) is 9.02. The number of aliphatic imine (C=N–C) groups is 1. The van der Waals surface area contributed by atoms with Gasteiger partial charge in [-0.05, 0) is 33.5 Å².